The zero-order chi connectivity index (χ0) is 12.6. The van der Waals surface area contributed by atoms with E-state index in [9.17, 15) is 0 Å². The molecule has 1 aromatic rings. The topological polar surface area (TPSA) is 16.1 Å². The van der Waals surface area contributed by atoms with Crippen LogP contribution < -0.4 is 5.19 Å². The van der Waals surface area contributed by atoms with Gasteiger partial charge in [-0.2, -0.15) is 0 Å². The van der Waals surface area contributed by atoms with E-state index in [2.05, 4.69) is 36.6 Å². The van der Waals surface area contributed by atoms with Crippen LogP contribution in [0.4, 0.5) is 0 Å². The summed E-state index contributed by atoms with van der Waals surface area (Å²) in [5.74, 6) is 0. The van der Waals surface area contributed by atoms with Crippen LogP contribution in [-0.4, -0.2) is 31.6 Å². The Kier molecular flexibility index (Phi) is 3.62. The molecule has 0 bridgehead atoms. The molecule has 0 spiro atoms. The van der Waals surface area contributed by atoms with Crippen LogP contribution in [0.3, 0.4) is 0 Å². The monoisotopic (exact) mass is 268 g/mol. The van der Waals surface area contributed by atoms with Crippen molar-refractivity contribution in [3.8, 4) is 0 Å². The second-order valence-corrected chi connectivity index (χ2v) is 11.4. The quantitative estimate of drug-likeness (QED) is 0.767. The summed E-state index contributed by atoms with van der Waals surface area (Å²) in [7, 11) is 0.783. The molecule has 94 valence electrons. The summed E-state index contributed by atoms with van der Waals surface area (Å²) in [5, 5.41) is 2.26. The van der Waals surface area contributed by atoms with Crippen molar-refractivity contribution in [2.75, 3.05) is 13.6 Å². The van der Waals surface area contributed by atoms with Crippen LogP contribution in [0.5, 0.6) is 0 Å². The van der Waals surface area contributed by atoms with Gasteiger partial charge in [-0.1, -0.05) is 31.2 Å². The van der Waals surface area contributed by atoms with Gasteiger partial charge in [0.15, 0.2) is 0 Å². The van der Waals surface area contributed by atoms with Gasteiger partial charge in [-0.15, -0.1) is 0 Å². The van der Waals surface area contributed by atoms with Gasteiger partial charge in [-0.05, 0) is 37.2 Å². The summed E-state index contributed by atoms with van der Waals surface area (Å²) in [6, 6.07) is 0.517. The van der Waals surface area contributed by atoms with Crippen LogP contribution in [0.1, 0.15) is 24.4 Å². The number of halogens is 1. The Bertz CT molecular complexity index is 414. The first-order valence-electron chi connectivity index (χ1n) is 6.25. The minimum absolute atomic E-state index is 0.517. The van der Waals surface area contributed by atoms with Crippen LogP contribution in [-0.2, 0) is 0 Å². The Morgan fingerprint density at radius 2 is 2.06 bits per heavy atom. The second kappa shape index (κ2) is 4.71. The highest BCUT2D eigenvalue weighted by molar-refractivity contribution is 6.90. The van der Waals surface area contributed by atoms with Gasteiger partial charge in [0, 0.05) is 18.4 Å². The number of nitrogens with zero attached hydrogens (tertiary/aromatic N) is 2. The standard InChI is InChI=1S/C13H21ClN2Si/c1-16-7-5-6-12(16)10-8-15-9-11(14)13(10)17(2,3)4/h8-9,12H,5-7H2,1-4H3/t12-/m0/s1. The third kappa shape index (κ3) is 2.56. The first kappa shape index (κ1) is 13.1. The number of pyridine rings is 1. The zero-order valence-electron chi connectivity index (χ0n) is 11.1. The highest BCUT2D eigenvalue weighted by Gasteiger charge is 2.31. The first-order valence-corrected chi connectivity index (χ1v) is 10.1. The summed E-state index contributed by atoms with van der Waals surface area (Å²) in [6.07, 6.45) is 6.34. The lowest BCUT2D eigenvalue weighted by molar-refractivity contribution is 0.318. The van der Waals surface area contributed by atoms with Crippen molar-refractivity contribution in [1.82, 2.24) is 9.88 Å². The SMILES string of the molecule is CN1CCC[C@H]1c1cncc(Cl)c1[Si](C)(C)C. The minimum Gasteiger partial charge on any atom is -0.299 e. The molecule has 1 atom stereocenters. The molecule has 1 aromatic heterocycles. The van der Waals surface area contributed by atoms with Crippen molar-refractivity contribution < 1.29 is 0 Å². The van der Waals surface area contributed by atoms with Gasteiger partial charge in [0.25, 0.3) is 0 Å². The second-order valence-electron chi connectivity index (χ2n) is 5.97. The Morgan fingerprint density at radius 1 is 1.35 bits per heavy atom. The molecule has 1 fully saturated rings. The summed E-state index contributed by atoms with van der Waals surface area (Å²) >= 11 is 6.39. The zero-order valence-corrected chi connectivity index (χ0v) is 12.9. The molecule has 17 heavy (non-hydrogen) atoms. The summed E-state index contributed by atoms with van der Waals surface area (Å²) in [5.41, 5.74) is 1.37. The van der Waals surface area contributed by atoms with Crippen LogP contribution >= 0.6 is 11.6 Å². The van der Waals surface area contributed by atoms with E-state index >= 15 is 0 Å². The normalized spacial score (nSPS) is 22.1. The van der Waals surface area contributed by atoms with Gasteiger partial charge in [0.2, 0.25) is 0 Å². The van der Waals surface area contributed by atoms with E-state index < -0.39 is 8.07 Å². The molecule has 0 aliphatic carbocycles. The van der Waals surface area contributed by atoms with Gasteiger partial charge in [0.05, 0.1) is 13.1 Å². The number of hydrogen-bond acceptors (Lipinski definition) is 2. The van der Waals surface area contributed by atoms with E-state index in [4.69, 9.17) is 11.6 Å². The summed E-state index contributed by atoms with van der Waals surface area (Å²) < 4.78 is 0. The fourth-order valence-corrected chi connectivity index (χ4v) is 5.69. The molecule has 0 unspecified atom stereocenters. The van der Waals surface area contributed by atoms with E-state index in [0.29, 0.717) is 6.04 Å². The molecule has 1 aliphatic heterocycles. The highest BCUT2D eigenvalue weighted by Crippen LogP contribution is 2.31. The van der Waals surface area contributed by atoms with E-state index in [1.807, 2.05) is 6.20 Å². The molecule has 0 aromatic carbocycles. The van der Waals surface area contributed by atoms with Crippen LogP contribution in [0.15, 0.2) is 12.4 Å². The number of likely N-dealkylation sites (tertiary alicyclic amines) is 1. The third-order valence-corrected chi connectivity index (χ3v) is 6.06. The lowest BCUT2D eigenvalue weighted by atomic mass is 10.1. The molecule has 4 heteroatoms. The van der Waals surface area contributed by atoms with E-state index in [-0.39, 0.29) is 0 Å². The number of hydrogen-bond donors (Lipinski definition) is 0. The Labute approximate surface area is 110 Å². The predicted molar refractivity (Wildman–Crippen MR) is 76.8 cm³/mol. The van der Waals surface area contributed by atoms with Gasteiger partial charge in [0.1, 0.15) is 0 Å². The van der Waals surface area contributed by atoms with Gasteiger partial charge in [-0.3, -0.25) is 9.88 Å². The van der Waals surface area contributed by atoms with Gasteiger partial charge in [-0.25, -0.2) is 0 Å². The molecule has 0 amide bonds. The van der Waals surface area contributed by atoms with Crippen molar-refractivity contribution >= 4 is 24.9 Å². The maximum atomic E-state index is 6.39. The van der Waals surface area contributed by atoms with E-state index in [1.165, 1.54) is 30.1 Å². The van der Waals surface area contributed by atoms with Gasteiger partial charge < -0.3 is 0 Å². The molecule has 1 aliphatic rings. The number of aromatic nitrogens is 1. The van der Waals surface area contributed by atoms with E-state index in [1.54, 1.807) is 6.20 Å². The van der Waals surface area contributed by atoms with E-state index in [0.717, 1.165) is 5.02 Å². The Balaban J connectivity index is 2.50. The average Bonchev–Trinajstić information content (AvgIpc) is 2.62. The van der Waals surface area contributed by atoms with Crippen molar-refractivity contribution in [3.63, 3.8) is 0 Å². The van der Waals surface area contributed by atoms with Crippen LogP contribution in [0.2, 0.25) is 24.7 Å². The Morgan fingerprint density at radius 3 is 2.59 bits per heavy atom. The maximum Gasteiger partial charge on any atom is 0.0801 e. The largest absolute Gasteiger partial charge is 0.299 e. The van der Waals surface area contributed by atoms with Crippen LogP contribution in [0, 0.1) is 0 Å². The van der Waals surface area contributed by atoms with Crippen molar-refractivity contribution in [2.45, 2.75) is 38.5 Å². The molecule has 0 saturated carbocycles. The molecule has 2 heterocycles. The molecule has 2 rings (SSSR count). The maximum absolute atomic E-state index is 6.39. The highest BCUT2D eigenvalue weighted by atomic mass is 35.5. The molecule has 0 N–H and O–H groups in total. The summed E-state index contributed by atoms with van der Waals surface area (Å²) in [4.78, 5) is 6.73. The van der Waals surface area contributed by atoms with Crippen molar-refractivity contribution in [1.29, 1.82) is 0 Å². The fraction of sp³-hybridized carbons (Fsp3) is 0.615. The molecular weight excluding hydrogens is 248 g/mol. The van der Waals surface area contributed by atoms with Crippen molar-refractivity contribution in [2.24, 2.45) is 0 Å². The third-order valence-electron chi connectivity index (χ3n) is 3.56. The summed E-state index contributed by atoms with van der Waals surface area (Å²) in [6.45, 7) is 8.24. The molecule has 0 radical (unpaired) electrons. The molecule has 1 saturated heterocycles. The van der Waals surface area contributed by atoms with Crippen LogP contribution in [0.25, 0.3) is 0 Å². The first-order chi connectivity index (χ1) is 7.91. The average molecular weight is 269 g/mol. The predicted octanol–water partition coefficient (Wildman–Crippen LogP) is 3.05. The lowest BCUT2D eigenvalue weighted by Crippen LogP contribution is -2.43. The smallest absolute Gasteiger partial charge is 0.0801 e. The lowest BCUT2D eigenvalue weighted by Gasteiger charge is -2.28. The minimum atomic E-state index is -1.42. The molecular formula is C13H21ClN2Si. The number of rotatable bonds is 2. The molecule has 2 nitrogen and oxygen atoms in total. The van der Waals surface area contributed by atoms with Crippen molar-refractivity contribution in [3.05, 3.63) is 23.0 Å². The fourth-order valence-electron chi connectivity index (χ4n) is 2.80. The Hall–Kier alpha value is -0.383. The van der Waals surface area contributed by atoms with Gasteiger partial charge >= 0.3 is 0 Å².